The van der Waals surface area contributed by atoms with Crippen LogP contribution in [0.3, 0.4) is 0 Å². The molecular weight excluding hydrogens is 272 g/mol. The highest BCUT2D eigenvalue weighted by Gasteiger charge is 2.29. The maximum absolute atomic E-state index is 11.4. The highest BCUT2D eigenvalue weighted by atomic mass is 32.1. The van der Waals surface area contributed by atoms with Gasteiger partial charge in [0.25, 0.3) is 0 Å². The summed E-state index contributed by atoms with van der Waals surface area (Å²) in [6.07, 6.45) is 7.45. The minimum atomic E-state index is 0.00528. The Morgan fingerprint density at radius 3 is 2.90 bits per heavy atom. The van der Waals surface area contributed by atoms with Gasteiger partial charge in [-0.3, -0.25) is 4.79 Å². The quantitative estimate of drug-likeness (QED) is 0.635. The number of hydrogen-bond acceptors (Lipinski definition) is 4. The van der Waals surface area contributed by atoms with Crippen LogP contribution in [0, 0.1) is 0 Å². The van der Waals surface area contributed by atoms with E-state index in [0.29, 0.717) is 41.9 Å². The number of ether oxygens (including phenoxy) is 1. The molecule has 20 heavy (non-hydrogen) atoms. The van der Waals surface area contributed by atoms with Crippen LogP contribution in [0.15, 0.2) is 58.6 Å². The zero-order chi connectivity index (χ0) is 14.7. The number of rotatable bonds is 4. The minimum Gasteiger partial charge on any atom is -0.504 e. The van der Waals surface area contributed by atoms with E-state index in [9.17, 15) is 9.90 Å². The van der Waals surface area contributed by atoms with Gasteiger partial charge in [-0.2, -0.15) is 0 Å². The normalized spacial score (nSPS) is 19.4. The molecular formula is C16H16O3S. The Hall–Kier alpha value is -1.94. The highest BCUT2D eigenvalue weighted by Crippen LogP contribution is 2.37. The highest BCUT2D eigenvalue weighted by molar-refractivity contribution is 7.80. The molecule has 0 aromatic carbocycles. The van der Waals surface area contributed by atoms with Gasteiger partial charge >= 0.3 is 0 Å². The summed E-state index contributed by atoms with van der Waals surface area (Å²) in [4.78, 5) is 12.1. The first-order valence-electron chi connectivity index (χ1n) is 6.43. The van der Waals surface area contributed by atoms with Crippen molar-refractivity contribution < 1.29 is 14.6 Å². The lowest BCUT2D eigenvalue weighted by Crippen LogP contribution is -2.17. The van der Waals surface area contributed by atoms with Gasteiger partial charge in [0.15, 0.2) is 11.5 Å². The number of hydrogen-bond donors (Lipinski definition) is 1. The molecule has 0 amide bonds. The molecule has 2 aliphatic carbocycles. The van der Waals surface area contributed by atoms with Crippen molar-refractivity contribution in [2.24, 2.45) is 0 Å². The summed E-state index contributed by atoms with van der Waals surface area (Å²) in [6, 6.07) is 0. The van der Waals surface area contributed by atoms with Gasteiger partial charge in [-0.25, -0.2) is 0 Å². The Morgan fingerprint density at radius 1 is 1.55 bits per heavy atom. The zero-order valence-electron chi connectivity index (χ0n) is 11.3. The van der Waals surface area contributed by atoms with E-state index in [1.165, 1.54) is 0 Å². The number of carbonyl (C=O) groups excluding carboxylic acids is 1. The Bertz CT molecular complexity index is 603. The van der Waals surface area contributed by atoms with Crippen LogP contribution in [0.1, 0.15) is 19.8 Å². The van der Waals surface area contributed by atoms with E-state index in [-0.39, 0.29) is 5.76 Å². The molecule has 0 radical (unpaired) electrons. The van der Waals surface area contributed by atoms with Crippen molar-refractivity contribution in [1.82, 2.24) is 0 Å². The van der Waals surface area contributed by atoms with Gasteiger partial charge in [0, 0.05) is 34.4 Å². The summed E-state index contributed by atoms with van der Waals surface area (Å²) in [6.45, 7) is 5.99. The van der Waals surface area contributed by atoms with Crippen molar-refractivity contribution >= 4 is 23.4 Å². The summed E-state index contributed by atoms with van der Waals surface area (Å²) in [7, 11) is 0. The number of carbonyl (C=O) groups is 1. The molecule has 0 aromatic rings. The molecule has 4 heteroatoms. The minimum absolute atomic E-state index is 0.00528. The fraction of sp³-hybridized carbons (Fsp3) is 0.250. The third kappa shape index (κ3) is 2.51. The Balaban J connectivity index is 2.63. The molecule has 0 saturated heterocycles. The molecule has 2 rings (SSSR count). The maximum atomic E-state index is 11.4. The largest absolute Gasteiger partial charge is 0.504 e. The SMILES string of the molecule is C=C1CC(C=O)=C(C2=CC=CCC2=S)C(OCC)=C1O. The van der Waals surface area contributed by atoms with Gasteiger partial charge in [0.2, 0.25) is 0 Å². The summed E-state index contributed by atoms with van der Waals surface area (Å²) in [5, 5.41) is 10.2. The number of thiocarbonyl (C=S) groups is 1. The summed E-state index contributed by atoms with van der Waals surface area (Å²) >= 11 is 5.36. The standard InChI is InChI=1S/C16H16O3S/c1-3-19-16-14(12-6-4-5-7-13(12)20)11(9-17)8-10(2)15(16)18/h4-6,9,18H,2-3,7-8H2,1H3. The predicted molar refractivity (Wildman–Crippen MR) is 82.6 cm³/mol. The second kappa shape index (κ2) is 6.01. The molecule has 0 unspecified atom stereocenters. The summed E-state index contributed by atoms with van der Waals surface area (Å²) in [5.74, 6) is 0.306. The zero-order valence-corrected chi connectivity index (χ0v) is 12.1. The smallest absolute Gasteiger partial charge is 0.169 e. The van der Waals surface area contributed by atoms with Crippen LogP contribution in [-0.2, 0) is 9.53 Å². The Labute approximate surface area is 123 Å². The Morgan fingerprint density at radius 2 is 2.30 bits per heavy atom. The van der Waals surface area contributed by atoms with Crippen LogP contribution in [-0.4, -0.2) is 22.9 Å². The molecule has 104 valence electrons. The van der Waals surface area contributed by atoms with Crippen LogP contribution < -0.4 is 0 Å². The lowest BCUT2D eigenvalue weighted by atomic mass is 9.85. The van der Waals surface area contributed by atoms with Crippen molar-refractivity contribution in [3.63, 3.8) is 0 Å². The summed E-state index contributed by atoms with van der Waals surface area (Å²) in [5.41, 5.74) is 2.39. The monoisotopic (exact) mass is 288 g/mol. The molecule has 0 atom stereocenters. The van der Waals surface area contributed by atoms with Crippen LogP contribution in [0.25, 0.3) is 0 Å². The van der Waals surface area contributed by atoms with E-state index >= 15 is 0 Å². The number of allylic oxidation sites excluding steroid dienone is 6. The van der Waals surface area contributed by atoms with Crippen LogP contribution >= 0.6 is 12.2 Å². The molecule has 1 N–H and O–H groups in total. The molecule has 2 aliphatic rings. The third-order valence-electron chi connectivity index (χ3n) is 3.20. The molecule has 0 aromatic heterocycles. The average molecular weight is 288 g/mol. The number of aliphatic hydroxyl groups is 1. The molecule has 0 heterocycles. The van der Waals surface area contributed by atoms with E-state index in [1.807, 2.05) is 25.2 Å². The van der Waals surface area contributed by atoms with Crippen molar-refractivity contribution in [3.8, 4) is 0 Å². The molecule has 0 spiro atoms. The molecule has 0 bridgehead atoms. The second-order valence-corrected chi connectivity index (χ2v) is 5.04. The van der Waals surface area contributed by atoms with E-state index in [1.54, 1.807) is 0 Å². The fourth-order valence-electron chi connectivity index (χ4n) is 2.27. The third-order valence-corrected chi connectivity index (χ3v) is 3.59. The van der Waals surface area contributed by atoms with Crippen LogP contribution in [0.2, 0.25) is 0 Å². The van der Waals surface area contributed by atoms with Gasteiger partial charge < -0.3 is 9.84 Å². The van der Waals surface area contributed by atoms with Crippen LogP contribution in [0.4, 0.5) is 0 Å². The van der Waals surface area contributed by atoms with E-state index in [4.69, 9.17) is 17.0 Å². The van der Waals surface area contributed by atoms with E-state index in [0.717, 1.165) is 16.7 Å². The molecule has 0 aliphatic heterocycles. The number of aldehydes is 1. The van der Waals surface area contributed by atoms with Crippen molar-refractivity contribution in [2.45, 2.75) is 19.8 Å². The first kappa shape index (κ1) is 14.5. The first-order chi connectivity index (χ1) is 9.60. The lowest BCUT2D eigenvalue weighted by molar-refractivity contribution is -0.105. The van der Waals surface area contributed by atoms with Crippen LogP contribution in [0.5, 0.6) is 0 Å². The lowest BCUT2D eigenvalue weighted by Gasteiger charge is -2.25. The second-order valence-electron chi connectivity index (χ2n) is 4.54. The van der Waals surface area contributed by atoms with E-state index in [2.05, 4.69) is 6.58 Å². The van der Waals surface area contributed by atoms with Gasteiger partial charge in [0.1, 0.15) is 6.29 Å². The fourth-order valence-corrected chi connectivity index (χ4v) is 2.54. The topological polar surface area (TPSA) is 46.5 Å². The molecule has 0 saturated carbocycles. The predicted octanol–water partition coefficient (Wildman–Crippen LogP) is 3.50. The van der Waals surface area contributed by atoms with E-state index < -0.39 is 0 Å². The van der Waals surface area contributed by atoms with Crippen molar-refractivity contribution in [2.75, 3.05) is 6.61 Å². The average Bonchev–Trinajstić information content (AvgIpc) is 2.45. The van der Waals surface area contributed by atoms with Gasteiger partial charge in [-0.05, 0) is 12.5 Å². The molecule has 3 nitrogen and oxygen atoms in total. The van der Waals surface area contributed by atoms with Crippen molar-refractivity contribution in [3.05, 3.63) is 58.6 Å². The van der Waals surface area contributed by atoms with Gasteiger partial charge in [-0.1, -0.05) is 37.0 Å². The maximum Gasteiger partial charge on any atom is 0.169 e. The summed E-state index contributed by atoms with van der Waals surface area (Å²) < 4.78 is 5.54. The Kier molecular flexibility index (Phi) is 4.35. The number of aliphatic hydroxyl groups excluding tert-OH is 1. The molecule has 0 fully saturated rings. The van der Waals surface area contributed by atoms with Gasteiger partial charge in [-0.15, -0.1) is 0 Å². The van der Waals surface area contributed by atoms with Gasteiger partial charge in [0.05, 0.1) is 6.61 Å². The first-order valence-corrected chi connectivity index (χ1v) is 6.84. The van der Waals surface area contributed by atoms with Crippen molar-refractivity contribution in [1.29, 1.82) is 0 Å².